The van der Waals surface area contributed by atoms with E-state index in [4.69, 9.17) is 11.6 Å². The molecule has 1 unspecified atom stereocenters. The van der Waals surface area contributed by atoms with E-state index in [-0.39, 0.29) is 24.2 Å². The van der Waals surface area contributed by atoms with Gasteiger partial charge in [0.1, 0.15) is 5.82 Å². The Hall–Kier alpha value is -2.44. The fourth-order valence-electron chi connectivity index (χ4n) is 2.17. The number of quaternary nitrogens is 1. The van der Waals surface area contributed by atoms with Gasteiger partial charge in [-0.1, -0.05) is 23.7 Å². The molecule has 132 valence electrons. The Kier molecular flexibility index (Phi) is 6.50. The van der Waals surface area contributed by atoms with Gasteiger partial charge in [-0.05, 0) is 43.3 Å². The van der Waals surface area contributed by atoms with Crippen molar-refractivity contribution in [1.29, 1.82) is 0 Å². The van der Waals surface area contributed by atoms with Crippen LogP contribution < -0.4 is 15.5 Å². The lowest BCUT2D eigenvalue weighted by Crippen LogP contribution is -3.14. The summed E-state index contributed by atoms with van der Waals surface area (Å²) in [6.07, 6.45) is 0. The summed E-state index contributed by atoms with van der Waals surface area (Å²) >= 11 is 6.01. The molecule has 2 aromatic carbocycles. The van der Waals surface area contributed by atoms with Gasteiger partial charge < -0.3 is 15.5 Å². The number of hydrogen-bond acceptors (Lipinski definition) is 2. The van der Waals surface area contributed by atoms with Crippen LogP contribution in [0.15, 0.2) is 48.5 Å². The average Bonchev–Trinajstić information content (AvgIpc) is 2.58. The Morgan fingerprint density at radius 3 is 2.40 bits per heavy atom. The molecule has 0 fully saturated rings. The Bertz CT molecular complexity index is 752. The van der Waals surface area contributed by atoms with E-state index in [0.717, 1.165) is 0 Å². The van der Waals surface area contributed by atoms with Crippen LogP contribution in [0.2, 0.25) is 5.02 Å². The molecule has 2 amide bonds. The zero-order valence-corrected chi connectivity index (χ0v) is 14.7. The first kappa shape index (κ1) is 18.9. The summed E-state index contributed by atoms with van der Waals surface area (Å²) in [5, 5.41) is 5.88. The van der Waals surface area contributed by atoms with Gasteiger partial charge in [-0.3, -0.25) is 9.59 Å². The molecule has 2 atom stereocenters. The highest BCUT2D eigenvalue weighted by molar-refractivity contribution is 6.33. The molecule has 0 saturated carbocycles. The average molecular weight is 365 g/mol. The molecule has 2 aromatic rings. The van der Waals surface area contributed by atoms with Gasteiger partial charge in [0.25, 0.3) is 11.8 Å². The fourth-order valence-corrected chi connectivity index (χ4v) is 2.35. The molecule has 0 aliphatic heterocycles. The van der Waals surface area contributed by atoms with Crippen LogP contribution in [0.3, 0.4) is 0 Å². The molecule has 7 heteroatoms. The van der Waals surface area contributed by atoms with E-state index in [0.29, 0.717) is 21.3 Å². The standard InChI is InChI=1S/C18H19ClFN3O2/c1-12(18(25)21-14-9-7-13(20)8-10-14)23(2)11-17(24)22-16-6-4-3-5-15(16)19/h3-10,12H,11H2,1-2H3,(H,21,25)(H,22,24)/p+1/t12-/m1/s1. The van der Waals surface area contributed by atoms with E-state index in [1.54, 1.807) is 38.2 Å². The number of anilines is 2. The minimum absolute atomic E-state index is 0.100. The van der Waals surface area contributed by atoms with Gasteiger partial charge in [0.05, 0.1) is 17.8 Å². The summed E-state index contributed by atoms with van der Waals surface area (Å²) in [6, 6.07) is 12.0. The minimum atomic E-state index is -0.470. The molecule has 0 radical (unpaired) electrons. The fraction of sp³-hybridized carbons (Fsp3) is 0.222. The summed E-state index contributed by atoms with van der Waals surface area (Å²) in [5.41, 5.74) is 1.04. The van der Waals surface area contributed by atoms with Gasteiger partial charge in [0.15, 0.2) is 12.6 Å². The molecule has 0 aliphatic carbocycles. The third kappa shape index (κ3) is 5.55. The topological polar surface area (TPSA) is 62.6 Å². The molecule has 0 aliphatic rings. The lowest BCUT2D eigenvalue weighted by molar-refractivity contribution is -0.885. The third-order valence-corrected chi connectivity index (χ3v) is 4.16. The molecule has 5 nitrogen and oxygen atoms in total. The number of amides is 2. The lowest BCUT2D eigenvalue weighted by atomic mass is 10.2. The summed E-state index contributed by atoms with van der Waals surface area (Å²) in [6.45, 7) is 1.82. The maximum atomic E-state index is 12.9. The highest BCUT2D eigenvalue weighted by Gasteiger charge is 2.24. The second kappa shape index (κ2) is 8.60. The quantitative estimate of drug-likeness (QED) is 0.733. The van der Waals surface area contributed by atoms with E-state index >= 15 is 0 Å². The maximum Gasteiger partial charge on any atom is 0.282 e. The smallest absolute Gasteiger partial charge is 0.282 e. The molecule has 3 N–H and O–H groups in total. The van der Waals surface area contributed by atoms with Crippen molar-refractivity contribution >= 4 is 34.8 Å². The first-order valence-corrected chi connectivity index (χ1v) is 8.17. The largest absolute Gasteiger partial charge is 0.321 e. The molecule has 25 heavy (non-hydrogen) atoms. The highest BCUT2D eigenvalue weighted by atomic mass is 35.5. The molecule has 0 spiro atoms. The normalized spacial score (nSPS) is 13.0. The predicted molar refractivity (Wildman–Crippen MR) is 96.3 cm³/mol. The summed E-state index contributed by atoms with van der Waals surface area (Å²) < 4.78 is 12.9. The number of likely N-dealkylation sites (N-methyl/N-ethyl adjacent to an activating group) is 1. The van der Waals surface area contributed by atoms with E-state index < -0.39 is 6.04 Å². The van der Waals surface area contributed by atoms with Crippen molar-refractivity contribution in [3.05, 3.63) is 59.4 Å². The molecule has 0 heterocycles. The van der Waals surface area contributed by atoms with Crippen molar-refractivity contribution in [2.75, 3.05) is 24.2 Å². The monoisotopic (exact) mass is 364 g/mol. The van der Waals surface area contributed by atoms with Crippen LogP contribution in [0, 0.1) is 5.82 Å². The summed E-state index contributed by atoms with van der Waals surface area (Å²) in [4.78, 5) is 25.1. The van der Waals surface area contributed by atoms with Crippen molar-refractivity contribution in [3.8, 4) is 0 Å². The van der Waals surface area contributed by atoms with Crippen molar-refractivity contribution in [3.63, 3.8) is 0 Å². The Labute approximate surface area is 150 Å². The second-order valence-corrected chi connectivity index (χ2v) is 6.18. The predicted octanol–water partition coefficient (Wildman–Crippen LogP) is 1.96. The van der Waals surface area contributed by atoms with Crippen LogP contribution in [-0.4, -0.2) is 31.4 Å². The van der Waals surface area contributed by atoms with E-state index in [9.17, 15) is 14.0 Å². The number of hydrogen-bond donors (Lipinski definition) is 3. The van der Waals surface area contributed by atoms with E-state index in [1.165, 1.54) is 24.3 Å². The number of nitrogens with one attached hydrogen (secondary N) is 3. The Morgan fingerprint density at radius 2 is 1.76 bits per heavy atom. The maximum absolute atomic E-state index is 12.9. The zero-order chi connectivity index (χ0) is 18.4. The molecular formula is C18H20ClFN3O2+. The molecule has 0 saturated heterocycles. The molecule has 0 aromatic heterocycles. The van der Waals surface area contributed by atoms with Gasteiger partial charge in [-0.25, -0.2) is 4.39 Å². The number of para-hydroxylation sites is 1. The van der Waals surface area contributed by atoms with Crippen molar-refractivity contribution in [1.82, 2.24) is 0 Å². The number of carbonyl (C=O) groups excluding carboxylic acids is 2. The van der Waals surface area contributed by atoms with E-state index in [2.05, 4.69) is 10.6 Å². The van der Waals surface area contributed by atoms with Crippen LogP contribution in [0.5, 0.6) is 0 Å². The lowest BCUT2D eigenvalue weighted by Gasteiger charge is -2.20. The van der Waals surface area contributed by atoms with Crippen molar-refractivity contribution in [2.24, 2.45) is 0 Å². The number of carbonyl (C=O) groups is 2. The van der Waals surface area contributed by atoms with E-state index in [1.807, 2.05) is 0 Å². The van der Waals surface area contributed by atoms with Crippen molar-refractivity contribution in [2.45, 2.75) is 13.0 Å². The van der Waals surface area contributed by atoms with Crippen LogP contribution in [0.25, 0.3) is 0 Å². The number of benzene rings is 2. The Morgan fingerprint density at radius 1 is 1.12 bits per heavy atom. The van der Waals surface area contributed by atoms with Gasteiger partial charge in [-0.15, -0.1) is 0 Å². The molecule has 0 bridgehead atoms. The number of rotatable bonds is 6. The molecule has 2 rings (SSSR count). The summed E-state index contributed by atoms with van der Waals surface area (Å²) in [7, 11) is 1.75. The third-order valence-electron chi connectivity index (χ3n) is 3.83. The van der Waals surface area contributed by atoms with Gasteiger partial charge in [0.2, 0.25) is 0 Å². The van der Waals surface area contributed by atoms with Gasteiger partial charge in [-0.2, -0.15) is 0 Å². The SMILES string of the molecule is C[C@H](C(=O)Nc1ccc(F)cc1)[NH+](C)CC(=O)Nc1ccccc1Cl. The first-order chi connectivity index (χ1) is 11.9. The van der Waals surface area contributed by atoms with Gasteiger partial charge in [0, 0.05) is 5.69 Å². The van der Waals surface area contributed by atoms with Crippen LogP contribution in [0.4, 0.5) is 15.8 Å². The zero-order valence-electron chi connectivity index (χ0n) is 14.0. The second-order valence-electron chi connectivity index (χ2n) is 5.77. The Balaban J connectivity index is 1.89. The highest BCUT2D eigenvalue weighted by Crippen LogP contribution is 2.19. The number of halogens is 2. The summed E-state index contributed by atoms with van der Waals surface area (Å²) in [5.74, 6) is -0.869. The first-order valence-electron chi connectivity index (χ1n) is 7.80. The van der Waals surface area contributed by atoms with Crippen LogP contribution in [0.1, 0.15) is 6.92 Å². The van der Waals surface area contributed by atoms with Crippen LogP contribution >= 0.6 is 11.6 Å². The molecular weight excluding hydrogens is 345 g/mol. The minimum Gasteiger partial charge on any atom is -0.321 e. The van der Waals surface area contributed by atoms with Gasteiger partial charge >= 0.3 is 0 Å². The van der Waals surface area contributed by atoms with Crippen molar-refractivity contribution < 1.29 is 18.9 Å². The van der Waals surface area contributed by atoms with Crippen LogP contribution in [-0.2, 0) is 9.59 Å².